The van der Waals surface area contributed by atoms with Crippen LogP contribution >= 0.6 is 22.6 Å². The van der Waals surface area contributed by atoms with Gasteiger partial charge < -0.3 is 9.64 Å². The topological polar surface area (TPSA) is 58.2 Å². The fourth-order valence-electron chi connectivity index (χ4n) is 2.23. The molecule has 20 heavy (non-hydrogen) atoms. The second kappa shape index (κ2) is 5.82. The number of ether oxygens (including phenoxy) is 1. The number of carbonyl (C=O) groups is 1. The molecule has 0 fully saturated rings. The predicted octanol–water partition coefficient (Wildman–Crippen LogP) is 2.71. The molecule has 1 N–H and O–H groups in total. The van der Waals surface area contributed by atoms with Crippen LogP contribution in [0.4, 0.5) is 4.79 Å². The van der Waals surface area contributed by atoms with Crippen LogP contribution in [-0.4, -0.2) is 27.7 Å². The first-order chi connectivity index (χ1) is 9.74. The van der Waals surface area contributed by atoms with Crippen LogP contribution < -0.4 is 0 Å². The van der Waals surface area contributed by atoms with Gasteiger partial charge in [-0.2, -0.15) is 5.10 Å². The van der Waals surface area contributed by atoms with Gasteiger partial charge in [0.05, 0.1) is 6.54 Å². The molecule has 0 saturated heterocycles. The molecule has 1 aliphatic rings. The molecule has 2 aromatic rings. The Hall–Kier alpha value is -1.57. The summed E-state index contributed by atoms with van der Waals surface area (Å²) in [5, 5.41) is 7.18. The van der Waals surface area contributed by atoms with Gasteiger partial charge in [0.25, 0.3) is 0 Å². The summed E-state index contributed by atoms with van der Waals surface area (Å²) in [7, 11) is 0. The highest BCUT2D eigenvalue weighted by Gasteiger charge is 2.25. The maximum atomic E-state index is 12.1. The van der Waals surface area contributed by atoms with Crippen LogP contribution in [0, 0.1) is 3.70 Å². The molecule has 0 aliphatic carbocycles. The van der Waals surface area contributed by atoms with Gasteiger partial charge in [-0.15, -0.1) is 0 Å². The summed E-state index contributed by atoms with van der Waals surface area (Å²) in [6.07, 6.45) is 0.530. The van der Waals surface area contributed by atoms with Crippen LogP contribution in [0.15, 0.2) is 30.3 Å². The zero-order valence-corrected chi connectivity index (χ0v) is 13.0. The monoisotopic (exact) mass is 383 g/mol. The molecule has 5 nitrogen and oxygen atoms in total. The summed E-state index contributed by atoms with van der Waals surface area (Å²) < 4.78 is 6.28. The van der Waals surface area contributed by atoms with E-state index in [1.807, 2.05) is 30.3 Å². The second-order valence-electron chi connectivity index (χ2n) is 4.68. The van der Waals surface area contributed by atoms with E-state index in [4.69, 9.17) is 4.74 Å². The highest BCUT2D eigenvalue weighted by molar-refractivity contribution is 14.1. The molecular weight excluding hydrogens is 369 g/mol. The summed E-state index contributed by atoms with van der Waals surface area (Å²) in [5.41, 5.74) is 3.23. The SMILES string of the molecule is O=C(OCc1ccccc1)N1CCc2[nH]nc(I)c2C1. The number of rotatable bonds is 2. The minimum atomic E-state index is -0.267. The number of nitrogens with one attached hydrogen (secondary N) is 1. The van der Waals surface area contributed by atoms with Crippen LogP contribution in [0.25, 0.3) is 0 Å². The molecule has 1 amide bonds. The molecule has 104 valence electrons. The van der Waals surface area contributed by atoms with Gasteiger partial charge in [0.15, 0.2) is 0 Å². The van der Waals surface area contributed by atoms with Crippen molar-refractivity contribution >= 4 is 28.7 Å². The van der Waals surface area contributed by atoms with Crippen LogP contribution in [0.2, 0.25) is 0 Å². The fraction of sp³-hybridized carbons (Fsp3) is 0.286. The van der Waals surface area contributed by atoms with Crippen molar-refractivity contribution < 1.29 is 9.53 Å². The van der Waals surface area contributed by atoms with Crippen molar-refractivity contribution in [1.29, 1.82) is 0 Å². The highest BCUT2D eigenvalue weighted by atomic mass is 127. The Kier molecular flexibility index (Phi) is 3.90. The van der Waals surface area contributed by atoms with E-state index in [2.05, 4.69) is 32.8 Å². The first-order valence-corrected chi connectivity index (χ1v) is 7.49. The molecule has 1 aliphatic heterocycles. The van der Waals surface area contributed by atoms with Crippen molar-refractivity contribution in [2.75, 3.05) is 6.54 Å². The summed E-state index contributed by atoms with van der Waals surface area (Å²) in [6.45, 7) is 1.54. The Morgan fingerprint density at radius 2 is 2.20 bits per heavy atom. The Bertz CT molecular complexity index is 612. The molecule has 1 aromatic carbocycles. The lowest BCUT2D eigenvalue weighted by molar-refractivity contribution is 0.0917. The minimum Gasteiger partial charge on any atom is -0.445 e. The lowest BCUT2D eigenvalue weighted by Gasteiger charge is -2.26. The van der Waals surface area contributed by atoms with Gasteiger partial charge in [0.2, 0.25) is 0 Å². The van der Waals surface area contributed by atoms with Crippen molar-refractivity contribution in [1.82, 2.24) is 15.1 Å². The predicted molar refractivity (Wildman–Crippen MR) is 82.0 cm³/mol. The van der Waals surface area contributed by atoms with Gasteiger partial charge >= 0.3 is 6.09 Å². The maximum absolute atomic E-state index is 12.1. The number of aromatic nitrogens is 2. The van der Waals surface area contributed by atoms with Gasteiger partial charge in [0.1, 0.15) is 10.3 Å². The molecule has 2 heterocycles. The van der Waals surface area contributed by atoms with E-state index in [1.165, 1.54) is 0 Å². The van der Waals surface area contributed by atoms with Gasteiger partial charge in [-0.1, -0.05) is 30.3 Å². The van der Waals surface area contributed by atoms with Crippen molar-refractivity contribution in [3.63, 3.8) is 0 Å². The quantitative estimate of drug-likeness (QED) is 0.812. The first kappa shape index (κ1) is 13.4. The number of hydrogen-bond acceptors (Lipinski definition) is 3. The molecule has 0 radical (unpaired) electrons. The van der Waals surface area contributed by atoms with Crippen molar-refractivity contribution in [2.24, 2.45) is 0 Å². The lowest BCUT2D eigenvalue weighted by atomic mass is 10.1. The lowest BCUT2D eigenvalue weighted by Crippen LogP contribution is -2.36. The summed E-state index contributed by atoms with van der Waals surface area (Å²) in [5.74, 6) is 0. The largest absolute Gasteiger partial charge is 0.445 e. The van der Waals surface area contributed by atoms with Crippen molar-refractivity contribution in [3.05, 3.63) is 50.9 Å². The molecule has 0 spiro atoms. The molecule has 0 bridgehead atoms. The summed E-state index contributed by atoms with van der Waals surface area (Å²) in [6, 6.07) is 9.70. The van der Waals surface area contributed by atoms with Gasteiger partial charge in [-0.3, -0.25) is 5.10 Å². The molecule has 3 rings (SSSR count). The van der Waals surface area contributed by atoms with E-state index in [9.17, 15) is 4.79 Å². The van der Waals surface area contributed by atoms with E-state index in [0.717, 1.165) is 26.9 Å². The summed E-state index contributed by atoms with van der Waals surface area (Å²) >= 11 is 2.18. The van der Waals surface area contributed by atoms with Crippen LogP contribution in [0.1, 0.15) is 16.8 Å². The smallest absolute Gasteiger partial charge is 0.410 e. The van der Waals surface area contributed by atoms with Crippen LogP contribution in [0.5, 0.6) is 0 Å². The second-order valence-corrected chi connectivity index (χ2v) is 5.71. The Labute approximate surface area is 130 Å². The van der Waals surface area contributed by atoms with E-state index >= 15 is 0 Å². The average molecular weight is 383 g/mol. The third kappa shape index (κ3) is 2.79. The number of benzene rings is 1. The zero-order valence-electron chi connectivity index (χ0n) is 10.8. The molecular formula is C14H14IN3O2. The van der Waals surface area contributed by atoms with Gasteiger partial charge in [0, 0.05) is 24.2 Å². The summed E-state index contributed by atoms with van der Waals surface area (Å²) in [4.78, 5) is 13.8. The van der Waals surface area contributed by atoms with E-state index in [-0.39, 0.29) is 6.09 Å². The van der Waals surface area contributed by atoms with E-state index in [1.54, 1.807) is 4.90 Å². The Morgan fingerprint density at radius 1 is 1.40 bits per heavy atom. The third-order valence-corrected chi connectivity index (χ3v) is 4.24. The average Bonchev–Trinajstić information content (AvgIpc) is 2.87. The molecule has 0 atom stereocenters. The number of fused-ring (bicyclic) bond motifs is 1. The first-order valence-electron chi connectivity index (χ1n) is 6.41. The number of nitrogens with zero attached hydrogens (tertiary/aromatic N) is 2. The normalized spacial score (nSPS) is 13.9. The van der Waals surface area contributed by atoms with E-state index in [0.29, 0.717) is 19.7 Å². The van der Waals surface area contributed by atoms with Gasteiger partial charge in [-0.05, 0) is 28.2 Å². The highest BCUT2D eigenvalue weighted by Crippen LogP contribution is 2.22. The number of amides is 1. The van der Waals surface area contributed by atoms with Crippen molar-refractivity contribution in [2.45, 2.75) is 19.6 Å². The van der Waals surface area contributed by atoms with E-state index < -0.39 is 0 Å². The fourth-order valence-corrected chi connectivity index (χ4v) is 2.84. The number of H-pyrrole nitrogens is 1. The minimum absolute atomic E-state index is 0.267. The molecule has 0 unspecified atom stereocenters. The number of carbonyl (C=O) groups excluding carboxylic acids is 1. The third-order valence-electron chi connectivity index (χ3n) is 3.35. The molecule has 0 saturated carbocycles. The molecule has 6 heteroatoms. The van der Waals surface area contributed by atoms with Crippen LogP contribution in [-0.2, 0) is 24.3 Å². The number of hydrogen-bond donors (Lipinski definition) is 1. The number of halogens is 1. The maximum Gasteiger partial charge on any atom is 0.410 e. The molecule has 1 aromatic heterocycles. The van der Waals surface area contributed by atoms with Crippen molar-refractivity contribution in [3.8, 4) is 0 Å². The standard InChI is InChI=1S/C14H14IN3O2/c15-13-11-8-18(7-6-12(11)16-17-13)14(19)20-9-10-4-2-1-3-5-10/h1-5H,6-9H2,(H,16,17). The zero-order chi connectivity index (χ0) is 13.9. The Morgan fingerprint density at radius 3 is 3.00 bits per heavy atom. The Balaban J connectivity index is 1.60. The van der Waals surface area contributed by atoms with Crippen LogP contribution in [0.3, 0.4) is 0 Å². The van der Waals surface area contributed by atoms with Gasteiger partial charge in [-0.25, -0.2) is 4.79 Å². The number of aromatic amines is 1.